The lowest BCUT2D eigenvalue weighted by Gasteiger charge is -2.20. The maximum absolute atomic E-state index is 11.7. The average Bonchev–Trinajstić information content (AvgIpc) is 2.63. The highest BCUT2D eigenvalue weighted by Crippen LogP contribution is 2.37. The summed E-state index contributed by atoms with van der Waals surface area (Å²) < 4.78 is 0. The van der Waals surface area contributed by atoms with Crippen LogP contribution in [0.1, 0.15) is 39.5 Å². The van der Waals surface area contributed by atoms with Crippen molar-refractivity contribution in [3.63, 3.8) is 0 Å². The highest BCUT2D eigenvalue weighted by atomic mass is 16.2. The number of likely N-dealkylation sites (tertiary alicyclic amines) is 1. The van der Waals surface area contributed by atoms with E-state index in [0.29, 0.717) is 11.5 Å². The first-order chi connectivity index (χ1) is 6.98. The van der Waals surface area contributed by atoms with Crippen molar-refractivity contribution in [1.29, 1.82) is 0 Å². The third kappa shape index (κ3) is 2.33. The number of amides is 1. The van der Waals surface area contributed by atoms with E-state index in [1.165, 1.54) is 19.3 Å². The van der Waals surface area contributed by atoms with Crippen molar-refractivity contribution in [3.05, 3.63) is 0 Å². The Morgan fingerprint density at radius 2 is 2.13 bits per heavy atom. The van der Waals surface area contributed by atoms with Crippen LogP contribution >= 0.6 is 0 Å². The summed E-state index contributed by atoms with van der Waals surface area (Å²) in [6.45, 7) is 5.54. The van der Waals surface area contributed by atoms with E-state index >= 15 is 0 Å². The topological polar surface area (TPSA) is 32.3 Å². The van der Waals surface area contributed by atoms with Crippen LogP contribution in [-0.4, -0.2) is 36.5 Å². The van der Waals surface area contributed by atoms with E-state index in [1.807, 2.05) is 11.9 Å². The van der Waals surface area contributed by atoms with Crippen molar-refractivity contribution in [1.82, 2.24) is 10.2 Å². The van der Waals surface area contributed by atoms with Crippen molar-refractivity contribution in [2.24, 2.45) is 5.41 Å². The third-order valence-corrected chi connectivity index (χ3v) is 3.83. The monoisotopic (exact) mass is 210 g/mol. The Bertz CT molecular complexity index is 262. The molecule has 0 aromatic heterocycles. The van der Waals surface area contributed by atoms with E-state index in [-0.39, 0.29) is 11.9 Å². The summed E-state index contributed by atoms with van der Waals surface area (Å²) in [4.78, 5) is 13.5. The summed E-state index contributed by atoms with van der Waals surface area (Å²) in [5, 5.41) is 3.52. The van der Waals surface area contributed by atoms with Gasteiger partial charge in [0, 0.05) is 19.6 Å². The maximum atomic E-state index is 11.7. The molecule has 3 nitrogen and oxygen atoms in total. The lowest BCUT2D eigenvalue weighted by Crippen LogP contribution is -2.42. The molecule has 2 unspecified atom stereocenters. The average molecular weight is 210 g/mol. The predicted octanol–water partition coefficient (Wildman–Crippen LogP) is 1.39. The van der Waals surface area contributed by atoms with Crippen LogP contribution in [-0.2, 0) is 4.79 Å². The van der Waals surface area contributed by atoms with Crippen LogP contribution in [0.4, 0.5) is 0 Å². The SMILES string of the molecule is CN1CCC(NC2CCC(C)(C)C2)C1=O. The standard InChI is InChI=1S/C12H22N2O/c1-12(2)6-4-9(8-12)13-10-5-7-14(3)11(10)15/h9-10,13H,4-8H2,1-3H3. The van der Waals surface area contributed by atoms with Gasteiger partial charge in [-0.25, -0.2) is 0 Å². The van der Waals surface area contributed by atoms with E-state index in [1.54, 1.807) is 0 Å². The van der Waals surface area contributed by atoms with E-state index in [0.717, 1.165) is 13.0 Å². The van der Waals surface area contributed by atoms with Crippen molar-refractivity contribution in [2.75, 3.05) is 13.6 Å². The zero-order valence-electron chi connectivity index (χ0n) is 10.0. The second-order valence-corrected chi connectivity index (χ2v) is 5.87. The summed E-state index contributed by atoms with van der Waals surface area (Å²) in [6, 6.07) is 0.648. The molecule has 2 aliphatic rings. The van der Waals surface area contributed by atoms with Crippen LogP contribution < -0.4 is 5.32 Å². The van der Waals surface area contributed by atoms with Crippen molar-refractivity contribution < 1.29 is 4.79 Å². The molecule has 1 aliphatic heterocycles. The maximum Gasteiger partial charge on any atom is 0.239 e. The molecule has 2 rings (SSSR count). The summed E-state index contributed by atoms with van der Waals surface area (Å²) in [5.41, 5.74) is 0.464. The Balaban J connectivity index is 1.86. The fourth-order valence-corrected chi connectivity index (χ4v) is 2.84. The molecule has 0 spiro atoms. The second-order valence-electron chi connectivity index (χ2n) is 5.87. The summed E-state index contributed by atoms with van der Waals surface area (Å²) in [7, 11) is 1.89. The van der Waals surface area contributed by atoms with Gasteiger partial charge in [-0.15, -0.1) is 0 Å². The van der Waals surface area contributed by atoms with Gasteiger partial charge in [0.2, 0.25) is 5.91 Å². The molecule has 15 heavy (non-hydrogen) atoms. The van der Waals surface area contributed by atoms with Gasteiger partial charge in [-0.2, -0.15) is 0 Å². The van der Waals surface area contributed by atoms with Crippen LogP contribution in [0, 0.1) is 5.41 Å². The predicted molar refractivity (Wildman–Crippen MR) is 60.6 cm³/mol. The highest BCUT2D eigenvalue weighted by molar-refractivity contribution is 5.83. The van der Waals surface area contributed by atoms with Crippen LogP contribution in [0.3, 0.4) is 0 Å². The molecule has 1 N–H and O–H groups in total. The van der Waals surface area contributed by atoms with Crippen molar-refractivity contribution in [3.8, 4) is 0 Å². The van der Waals surface area contributed by atoms with Gasteiger partial charge in [0.25, 0.3) is 0 Å². The number of carbonyl (C=O) groups excluding carboxylic acids is 1. The van der Waals surface area contributed by atoms with Crippen molar-refractivity contribution in [2.45, 2.75) is 51.6 Å². The Kier molecular flexibility index (Phi) is 2.75. The third-order valence-electron chi connectivity index (χ3n) is 3.83. The van der Waals surface area contributed by atoms with Crippen LogP contribution in [0.5, 0.6) is 0 Å². The first-order valence-corrected chi connectivity index (χ1v) is 5.99. The Labute approximate surface area is 92.2 Å². The van der Waals surface area contributed by atoms with Crippen molar-refractivity contribution >= 4 is 5.91 Å². The van der Waals surface area contributed by atoms with Gasteiger partial charge in [0.05, 0.1) is 6.04 Å². The fourth-order valence-electron chi connectivity index (χ4n) is 2.84. The molecule has 0 radical (unpaired) electrons. The van der Waals surface area contributed by atoms with E-state index < -0.39 is 0 Å². The molecule has 3 heteroatoms. The molecule has 0 aromatic rings. The molecule has 0 aromatic carbocycles. The molecule has 1 amide bonds. The van der Waals surface area contributed by atoms with Gasteiger partial charge in [-0.3, -0.25) is 4.79 Å². The summed E-state index contributed by atoms with van der Waals surface area (Å²) in [6.07, 6.45) is 4.69. The molecule has 86 valence electrons. The Morgan fingerprint density at radius 1 is 1.40 bits per heavy atom. The number of likely N-dealkylation sites (N-methyl/N-ethyl adjacent to an activating group) is 1. The van der Waals surface area contributed by atoms with Crippen LogP contribution in [0.15, 0.2) is 0 Å². The number of nitrogens with one attached hydrogen (secondary N) is 1. The van der Waals surface area contributed by atoms with E-state index in [2.05, 4.69) is 19.2 Å². The molecule has 2 fully saturated rings. The minimum Gasteiger partial charge on any atom is -0.344 e. The Hall–Kier alpha value is -0.570. The number of hydrogen-bond donors (Lipinski definition) is 1. The summed E-state index contributed by atoms with van der Waals surface area (Å²) in [5.74, 6) is 0.278. The number of rotatable bonds is 2. The zero-order chi connectivity index (χ0) is 11.1. The highest BCUT2D eigenvalue weighted by Gasteiger charge is 2.35. The lowest BCUT2D eigenvalue weighted by atomic mass is 9.92. The number of nitrogens with zero attached hydrogens (tertiary/aromatic N) is 1. The molecule has 1 aliphatic carbocycles. The molecular formula is C12H22N2O. The smallest absolute Gasteiger partial charge is 0.239 e. The molecule has 1 saturated carbocycles. The lowest BCUT2D eigenvalue weighted by molar-refractivity contribution is -0.128. The van der Waals surface area contributed by atoms with Gasteiger partial charge in [0.1, 0.15) is 0 Å². The van der Waals surface area contributed by atoms with E-state index in [4.69, 9.17) is 0 Å². The molecular weight excluding hydrogens is 188 g/mol. The molecule has 2 atom stereocenters. The fraction of sp³-hybridized carbons (Fsp3) is 0.917. The number of carbonyl (C=O) groups is 1. The van der Waals surface area contributed by atoms with Crippen LogP contribution in [0.25, 0.3) is 0 Å². The first-order valence-electron chi connectivity index (χ1n) is 5.99. The minimum absolute atomic E-state index is 0.0916. The molecule has 0 bridgehead atoms. The van der Waals surface area contributed by atoms with Gasteiger partial charge >= 0.3 is 0 Å². The van der Waals surface area contributed by atoms with E-state index in [9.17, 15) is 4.79 Å². The van der Waals surface area contributed by atoms with Gasteiger partial charge in [-0.05, 0) is 31.1 Å². The quantitative estimate of drug-likeness (QED) is 0.747. The first kappa shape index (κ1) is 10.9. The Morgan fingerprint density at radius 3 is 2.60 bits per heavy atom. The molecule has 1 heterocycles. The van der Waals surface area contributed by atoms with Gasteiger partial charge in [-0.1, -0.05) is 13.8 Å². The largest absolute Gasteiger partial charge is 0.344 e. The summed E-state index contributed by atoms with van der Waals surface area (Å²) >= 11 is 0. The normalized spacial score (nSPS) is 35.1. The van der Waals surface area contributed by atoms with Gasteiger partial charge < -0.3 is 10.2 Å². The van der Waals surface area contributed by atoms with Gasteiger partial charge in [0.15, 0.2) is 0 Å². The zero-order valence-corrected chi connectivity index (χ0v) is 10.0. The van der Waals surface area contributed by atoms with Crippen LogP contribution in [0.2, 0.25) is 0 Å². The minimum atomic E-state index is 0.0916. The molecule has 1 saturated heterocycles. The second kappa shape index (κ2) is 3.78. The number of hydrogen-bond acceptors (Lipinski definition) is 2.